The van der Waals surface area contributed by atoms with Gasteiger partial charge in [-0.3, -0.25) is 4.79 Å². The highest BCUT2D eigenvalue weighted by Crippen LogP contribution is 2.36. The summed E-state index contributed by atoms with van der Waals surface area (Å²) < 4.78 is 37.6. The third-order valence-corrected chi connectivity index (χ3v) is 7.18. The van der Waals surface area contributed by atoms with Crippen LogP contribution in [0.15, 0.2) is 42.5 Å². The fourth-order valence-electron chi connectivity index (χ4n) is 3.48. The van der Waals surface area contributed by atoms with E-state index in [0.717, 1.165) is 5.56 Å². The largest absolute Gasteiger partial charge is 0.495 e. The van der Waals surface area contributed by atoms with Gasteiger partial charge >= 0.3 is 0 Å². The quantitative estimate of drug-likeness (QED) is 0.694. The summed E-state index contributed by atoms with van der Waals surface area (Å²) in [6.45, 7) is 0.561. The predicted octanol–water partition coefficient (Wildman–Crippen LogP) is 3.54. The zero-order valence-corrected chi connectivity index (χ0v) is 18.5. The van der Waals surface area contributed by atoms with Crippen LogP contribution < -0.4 is 14.8 Å². The highest BCUT2D eigenvalue weighted by molar-refractivity contribution is 7.88. The zero-order chi connectivity index (χ0) is 21.7. The first-order valence-electron chi connectivity index (χ1n) is 9.58. The van der Waals surface area contributed by atoms with E-state index < -0.39 is 15.9 Å². The van der Waals surface area contributed by atoms with Crippen molar-refractivity contribution < 1.29 is 22.7 Å². The number of anilines is 1. The first-order chi connectivity index (χ1) is 14.3. The van der Waals surface area contributed by atoms with Gasteiger partial charge in [-0.2, -0.15) is 0 Å². The van der Waals surface area contributed by atoms with Gasteiger partial charge in [-0.25, -0.2) is 12.7 Å². The van der Waals surface area contributed by atoms with Crippen molar-refractivity contribution in [2.24, 2.45) is 5.92 Å². The molecule has 0 saturated carbocycles. The smallest absolute Gasteiger partial charge is 0.228 e. The maximum absolute atomic E-state index is 12.9. The van der Waals surface area contributed by atoms with Crippen molar-refractivity contribution in [3.8, 4) is 11.5 Å². The molecule has 1 aliphatic rings. The molecule has 2 aromatic carbocycles. The Labute approximate surface area is 182 Å². The van der Waals surface area contributed by atoms with Gasteiger partial charge in [0.15, 0.2) is 0 Å². The molecular weight excluding hydrogens is 428 g/mol. The molecule has 1 fully saturated rings. The van der Waals surface area contributed by atoms with Gasteiger partial charge in [0, 0.05) is 25.2 Å². The zero-order valence-electron chi connectivity index (χ0n) is 16.9. The third-order valence-electron chi connectivity index (χ3n) is 5.07. The van der Waals surface area contributed by atoms with Crippen LogP contribution in [-0.2, 0) is 20.6 Å². The Hall–Kier alpha value is -2.29. The van der Waals surface area contributed by atoms with E-state index in [-0.39, 0.29) is 18.2 Å². The number of carbonyl (C=O) groups excluding carboxylic acids is 1. The van der Waals surface area contributed by atoms with E-state index >= 15 is 0 Å². The predicted molar refractivity (Wildman–Crippen MR) is 117 cm³/mol. The second kappa shape index (κ2) is 9.68. The summed E-state index contributed by atoms with van der Waals surface area (Å²) in [5.74, 6) is -0.000321. The van der Waals surface area contributed by atoms with Crippen molar-refractivity contribution in [3.63, 3.8) is 0 Å². The Balaban J connectivity index is 1.72. The van der Waals surface area contributed by atoms with E-state index in [1.54, 1.807) is 24.3 Å². The Morgan fingerprint density at radius 2 is 1.87 bits per heavy atom. The molecule has 0 radical (unpaired) electrons. The number of piperidine rings is 1. The number of amides is 1. The molecule has 1 saturated heterocycles. The maximum Gasteiger partial charge on any atom is 0.228 e. The van der Waals surface area contributed by atoms with Crippen LogP contribution in [0.3, 0.4) is 0 Å². The van der Waals surface area contributed by atoms with Crippen molar-refractivity contribution in [2.45, 2.75) is 18.6 Å². The molecule has 1 aliphatic heterocycles. The molecule has 1 heterocycles. The van der Waals surface area contributed by atoms with Gasteiger partial charge in [0.25, 0.3) is 0 Å². The monoisotopic (exact) mass is 452 g/mol. The van der Waals surface area contributed by atoms with Crippen molar-refractivity contribution >= 4 is 33.2 Å². The normalized spacial score (nSPS) is 17.4. The van der Waals surface area contributed by atoms with E-state index in [1.165, 1.54) is 18.5 Å². The Kier molecular flexibility index (Phi) is 7.23. The summed E-state index contributed by atoms with van der Waals surface area (Å²) in [7, 11) is -0.553. The van der Waals surface area contributed by atoms with E-state index in [4.69, 9.17) is 21.1 Å². The molecule has 3 rings (SSSR count). The fourth-order valence-corrected chi connectivity index (χ4v) is 5.32. The van der Waals surface area contributed by atoms with Crippen LogP contribution in [0.1, 0.15) is 18.4 Å². The number of carbonyl (C=O) groups is 1. The first kappa shape index (κ1) is 22.4. The van der Waals surface area contributed by atoms with Crippen LogP contribution in [0.5, 0.6) is 11.5 Å². The highest BCUT2D eigenvalue weighted by Gasteiger charge is 2.32. The number of hydrogen-bond acceptors (Lipinski definition) is 5. The summed E-state index contributed by atoms with van der Waals surface area (Å²) in [5.41, 5.74) is 1.15. The fraction of sp³-hybridized carbons (Fsp3) is 0.381. The molecule has 1 amide bonds. The molecule has 0 bridgehead atoms. The van der Waals surface area contributed by atoms with E-state index in [1.807, 2.05) is 18.2 Å². The summed E-state index contributed by atoms with van der Waals surface area (Å²) in [5, 5.41) is 3.19. The van der Waals surface area contributed by atoms with Crippen LogP contribution >= 0.6 is 11.6 Å². The minimum absolute atomic E-state index is 0.0790. The number of benzene rings is 2. The average Bonchev–Trinajstić information content (AvgIpc) is 2.75. The standard InChI is InChI=1S/C21H25ClN2O5S/c1-28-19-12-18(20(29-2)11-17(19)22)23-21(25)16-9-6-10-24(13-16)30(26,27)14-15-7-4-3-5-8-15/h3-5,7-8,11-12,16H,6,9-10,13-14H2,1-2H3,(H,23,25)/t16-/m1/s1. The topological polar surface area (TPSA) is 84.9 Å². The highest BCUT2D eigenvalue weighted by atomic mass is 35.5. The van der Waals surface area contributed by atoms with E-state index in [9.17, 15) is 13.2 Å². The molecule has 0 spiro atoms. The number of ether oxygens (including phenoxy) is 2. The van der Waals surface area contributed by atoms with E-state index in [2.05, 4.69) is 5.32 Å². The van der Waals surface area contributed by atoms with Crippen molar-refractivity contribution in [2.75, 3.05) is 32.6 Å². The van der Waals surface area contributed by atoms with Gasteiger partial charge in [-0.05, 0) is 18.4 Å². The summed E-state index contributed by atoms with van der Waals surface area (Å²) in [6.07, 6.45) is 1.23. The molecule has 162 valence electrons. The maximum atomic E-state index is 12.9. The van der Waals surface area contributed by atoms with Gasteiger partial charge in [-0.15, -0.1) is 0 Å². The second-order valence-electron chi connectivity index (χ2n) is 7.12. The number of methoxy groups -OCH3 is 2. The number of halogens is 1. The van der Waals surface area contributed by atoms with Crippen LogP contribution in [0.2, 0.25) is 5.02 Å². The molecule has 0 aliphatic carbocycles. The molecule has 2 aromatic rings. The lowest BCUT2D eigenvalue weighted by Gasteiger charge is -2.31. The molecule has 1 N–H and O–H groups in total. The molecule has 7 nitrogen and oxygen atoms in total. The molecule has 0 unspecified atom stereocenters. The van der Waals surface area contributed by atoms with Crippen molar-refractivity contribution in [3.05, 3.63) is 53.1 Å². The minimum atomic E-state index is -3.51. The Morgan fingerprint density at radius 1 is 1.17 bits per heavy atom. The third kappa shape index (κ3) is 5.24. The lowest BCUT2D eigenvalue weighted by Crippen LogP contribution is -2.44. The molecule has 1 atom stereocenters. The molecular formula is C21H25ClN2O5S. The van der Waals surface area contributed by atoms with Crippen molar-refractivity contribution in [1.82, 2.24) is 4.31 Å². The Morgan fingerprint density at radius 3 is 2.53 bits per heavy atom. The molecule has 30 heavy (non-hydrogen) atoms. The SMILES string of the molecule is COc1cc(NC(=O)[C@@H]2CCCN(S(=O)(=O)Cc3ccccc3)C2)c(OC)cc1Cl. The second-order valence-corrected chi connectivity index (χ2v) is 9.49. The van der Waals surface area contributed by atoms with Gasteiger partial charge in [0.2, 0.25) is 15.9 Å². The molecule has 0 aromatic heterocycles. The van der Waals surface area contributed by atoms with Gasteiger partial charge in [-0.1, -0.05) is 41.9 Å². The lowest BCUT2D eigenvalue weighted by molar-refractivity contribution is -0.120. The molecule has 9 heteroatoms. The number of nitrogens with one attached hydrogen (secondary N) is 1. The number of hydrogen-bond donors (Lipinski definition) is 1. The first-order valence-corrected chi connectivity index (χ1v) is 11.6. The number of rotatable bonds is 7. The van der Waals surface area contributed by atoms with Crippen molar-refractivity contribution in [1.29, 1.82) is 0 Å². The average molecular weight is 453 g/mol. The summed E-state index contributed by atoms with van der Waals surface area (Å²) in [4.78, 5) is 12.9. The summed E-state index contributed by atoms with van der Waals surface area (Å²) >= 11 is 6.11. The number of nitrogens with zero attached hydrogens (tertiary/aromatic N) is 1. The van der Waals surface area contributed by atoms with E-state index in [0.29, 0.717) is 41.6 Å². The number of sulfonamides is 1. The lowest BCUT2D eigenvalue weighted by atomic mass is 9.98. The van der Waals surface area contributed by atoms with Gasteiger partial charge < -0.3 is 14.8 Å². The van der Waals surface area contributed by atoms with Crippen LogP contribution in [0.25, 0.3) is 0 Å². The Bertz CT molecular complexity index is 998. The minimum Gasteiger partial charge on any atom is -0.495 e. The van der Waals surface area contributed by atoms with Gasteiger partial charge in [0.05, 0.1) is 36.6 Å². The van der Waals surface area contributed by atoms with Crippen LogP contribution in [0, 0.1) is 5.92 Å². The van der Waals surface area contributed by atoms with Crippen LogP contribution in [0.4, 0.5) is 5.69 Å². The summed E-state index contributed by atoms with van der Waals surface area (Å²) in [6, 6.07) is 12.2. The van der Waals surface area contributed by atoms with Gasteiger partial charge in [0.1, 0.15) is 11.5 Å². The van der Waals surface area contributed by atoms with Crippen LogP contribution in [-0.4, -0.2) is 45.9 Å².